The lowest BCUT2D eigenvalue weighted by Crippen LogP contribution is -2.49. The Balaban J connectivity index is 3.43. The average Bonchev–Trinajstić information content (AvgIpc) is 2.10. The molecule has 0 aliphatic rings. The van der Waals surface area contributed by atoms with Crippen molar-refractivity contribution in [2.24, 2.45) is 17.4 Å². The Hall–Kier alpha value is -0.220. The van der Waals surface area contributed by atoms with Gasteiger partial charge in [-0.15, -0.1) is 0 Å². The number of nitrogens with two attached hydrogens (primary N) is 2. The van der Waals surface area contributed by atoms with Crippen molar-refractivity contribution in [3.8, 4) is 0 Å². The lowest BCUT2D eigenvalue weighted by atomic mass is 9.97. The van der Waals surface area contributed by atoms with E-state index in [9.17, 15) is 4.79 Å². The highest BCUT2D eigenvalue weighted by Crippen LogP contribution is 2.14. The molecule has 1 unspecified atom stereocenters. The summed E-state index contributed by atoms with van der Waals surface area (Å²) in [7, 11) is 0. The minimum Gasteiger partial charge on any atom is -0.368 e. The fraction of sp³-hybridized carbons (Fsp3) is 0.909. The van der Waals surface area contributed by atoms with E-state index in [1.165, 1.54) is 12.2 Å². The third-order valence-electron chi connectivity index (χ3n) is 2.39. The zero-order valence-corrected chi connectivity index (χ0v) is 10.9. The molecule has 0 radical (unpaired) electrons. The van der Waals surface area contributed by atoms with E-state index in [1.54, 1.807) is 6.92 Å². The van der Waals surface area contributed by atoms with Crippen LogP contribution in [0.25, 0.3) is 0 Å². The van der Waals surface area contributed by atoms with Crippen molar-refractivity contribution in [1.82, 2.24) is 0 Å². The monoisotopic (exact) mass is 232 g/mol. The Kier molecular flexibility index (Phi) is 7.02. The van der Waals surface area contributed by atoms with E-state index in [1.807, 2.05) is 11.8 Å². The first-order valence-corrected chi connectivity index (χ1v) is 6.68. The van der Waals surface area contributed by atoms with Gasteiger partial charge in [-0.1, -0.05) is 13.8 Å². The molecule has 0 bridgehead atoms. The van der Waals surface area contributed by atoms with Crippen LogP contribution in [0.1, 0.15) is 40.0 Å². The van der Waals surface area contributed by atoms with Crippen LogP contribution in [0.5, 0.6) is 0 Å². The topological polar surface area (TPSA) is 69.1 Å². The summed E-state index contributed by atoms with van der Waals surface area (Å²) in [5.74, 6) is 2.61. The Morgan fingerprint density at radius 1 is 1.40 bits per heavy atom. The predicted octanol–water partition coefficient (Wildman–Crippen LogP) is 1.75. The van der Waals surface area contributed by atoms with Crippen LogP contribution in [0.4, 0.5) is 0 Å². The molecule has 0 saturated carbocycles. The maximum atomic E-state index is 10.9. The molecule has 0 aromatic heterocycles. The maximum Gasteiger partial charge on any atom is 0.237 e. The molecule has 0 heterocycles. The average molecular weight is 232 g/mol. The van der Waals surface area contributed by atoms with Crippen molar-refractivity contribution < 1.29 is 4.79 Å². The largest absolute Gasteiger partial charge is 0.368 e. The van der Waals surface area contributed by atoms with Crippen LogP contribution in [0.15, 0.2) is 0 Å². The number of primary amides is 1. The van der Waals surface area contributed by atoms with Crippen molar-refractivity contribution in [1.29, 1.82) is 0 Å². The van der Waals surface area contributed by atoms with Crippen LogP contribution in [-0.2, 0) is 4.79 Å². The molecule has 4 N–H and O–H groups in total. The van der Waals surface area contributed by atoms with Crippen molar-refractivity contribution in [3.63, 3.8) is 0 Å². The van der Waals surface area contributed by atoms with Crippen molar-refractivity contribution in [2.45, 2.75) is 45.6 Å². The zero-order valence-electron chi connectivity index (χ0n) is 10.1. The maximum absolute atomic E-state index is 10.9. The summed E-state index contributed by atoms with van der Waals surface area (Å²) in [5.41, 5.74) is 10.1. The summed E-state index contributed by atoms with van der Waals surface area (Å²) in [6, 6.07) is 0. The normalized spacial score (nSPS) is 15.3. The van der Waals surface area contributed by atoms with Crippen LogP contribution in [0.3, 0.4) is 0 Å². The molecule has 90 valence electrons. The Morgan fingerprint density at radius 2 is 2.00 bits per heavy atom. The number of thioether (sulfide) groups is 1. The van der Waals surface area contributed by atoms with Crippen LogP contribution in [-0.4, -0.2) is 23.0 Å². The Bertz CT molecular complexity index is 193. The van der Waals surface area contributed by atoms with E-state index < -0.39 is 11.4 Å². The third kappa shape index (κ3) is 7.68. The summed E-state index contributed by atoms with van der Waals surface area (Å²) in [6.45, 7) is 6.16. The summed E-state index contributed by atoms with van der Waals surface area (Å²) < 4.78 is 0. The predicted molar refractivity (Wildman–Crippen MR) is 67.8 cm³/mol. The van der Waals surface area contributed by atoms with Gasteiger partial charge in [0.2, 0.25) is 5.91 Å². The van der Waals surface area contributed by atoms with Gasteiger partial charge in [0.05, 0.1) is 5.54 Å². The van der Waals surface area contributed by atoms with Gasteiger partial charge in [0.15, 0.2) is 0 Å². The van der Waals surface area contributed by atoms with Gasteiger partial charge < -0.3 is 11.5 Å². The van der Waals surface area contributed by atoms with E-state index in [4.69, 9.17) is 11.5 Å². The summed E-state index contributed by atoms with van der Waals surface area (Å²) in [5, 5.41) is 0. The van der Waals surface area contributed by atoms with Gasteiger partial charge in [-0.3, -0.25) is 4.79 Å². The summed E-state index contributed by atoms with van der Waals surface area (Å²) >= 11 is 1.93. The number of carbonyl (C=O) groups excluding carboxylic acids is 1. The number of amides is 1. The second-order valence-corrected chi connectivity index (χ2v) is 5.90. The van der Waals surface area contributed by atoms with E-state index in [-0.39, 0.29) is 0 Å². The smallest absolute Gasteiger partial charge is 0.237 e. The number of rotatable bonds is 8. The first-order valence-electron chi connectivity index (χ1n) is 5.53. The highest BCUT2D eigenvalue weighted by Gasteiger charge is 2.24. The molecule has 0 aromatic rings. The molecular formula is C11H24N2OS. The van der Waals surface area contributed by atoms with Gasteiger partial charge in [0.1, 0.15) is 0 Å². The van der Waals surface area contributed by atoms with E-state index in [0.29, 0.717) is 6.42 Å². The molecule has 3 nitrogen and oxygen atoms in total. The second-order valence-electron chi connectivity index (χ2n) is 4.68. The molecule has 0 rings (SSSR count). The van der Waals surface area contributed by atoms with Crippen LogP contribution in [0.2, 0.25) is 0 Å². The Labute approximate surface area is 97.4 Å². The molecule has 0 fully saturated rings. The molecule has 0 aliphatic carbocycles. The molecule has 0 aliphatic heterocycles. The minimum atomic E-state index is -0.835. The second kappa shape index (κ2) is 7.12. The Morgan fingerprint density at radius 3 is 2.47 bits per heavy atom. The summed E-state index contributed by atoms with van der Waals surface area (Å²) in [6.07, 6.45) is 2.89. The van der Waals surface area contributed by atoms with Gasteiger partial charge >= 0.3 is 0 Å². The number of hydrogen-bond acceptors (Lipinski definition) is 3. The van der Waals surface area contributed by atoms with Gasteiger partial charge in [-0.05, 0) is 43.6 Å². The highest BCUT2D eigenvalue weighted by molar-refractivity contribution is 7.99. The SMILES string of the molecule is CC(C)CCSCCCC(C)(N)C(N)=O. The zero-order chi connectivity index (χ0) is 11.9. The van der Waals surface area contributed by atoms with Crippen LogP contribution < -0.4 is 11.5 Å². The molecule has 4 heteroatoms. The van der Waals surface area contributed by atoms with Crippen LogP contribution in [0, 0.1) is 5.92 Å². The van der Waals surface area contributed by atoms with Gasteiger partial charge in [-0.25, -0.2) is 0 Å². The third-order valence-corrected chi connectivity index (χ3v) is 3.49. The van der Waals surface area contributed by atoms with Gasteiger partial charge in [-0.2, -0.15) is 11.8 Å². The van der Waals surface area contributed by atoms with E-state index in [0.717, 1.165) is 18.1 Å². The quantitative estimate of drug-likeness (QED) is 0.626. The highest BCUT2D eigenvalue weighted by atomic mass is 32.2. The standard InChI is InChI=1S/C11H24N2OS/c1-9(2)5-8-15-7-4-6-11(3,13)10(12)14/h9H,4-8,13H2,1-3H3,(H2,12,14). The lowest BCUT2D eigenvalue weighted by Gasteiger charge is -2.19. The first kappa shape index (κ1) is 14.8. The fourth-order valence-corrected chi connectivity index (χ4v) is 2.28. The van der Waals surface area contributed by atoms with Gasteiger partial charge in [0.25, 0.3) is 0 Å². The summed E-state index contributed by atoms with van der Waals surface area (Å²) in [4.78, 5) is 10.9. The van der Waals surface area contributed by atoms with E-state index >= 15 is 0 Å². The van der Waals surface area contributed by atoms with Gasteiger partial charge in [0, 0.05) is 0 Å². The van der Waals surface area contributed by atoms with Crippen LogP contribution >= 0.6 is 11.8 Å². The first-order chi connectivity index (χ1) is 6.86. The molecule has 0 saturated heterocycles. The molecule has 1 amide bonds. The fourth-order valence-electron chi connectivity index (χ4n) is 1.09. The minimum absolute atomic E-state index is 0.408. The molecule has 15 heavy (non-hydrogen) atoms. The molecule has 0 spiro atoms. The number of hydrogen-bond donors (Lipinski definition) is 2. The van der Waals surface area contributed by atoms with Crippen molar-refractivity contribution in [2.75, 3.05) is 11.5 Å². The number of carbonyl (C=O) groups is 1. The molecular weight excluding hydrogens is 208 g/mol. The molecule has 1 atom stereocenters. The lowest BCUT2D eigenvalue weighted by molar-refractivity contribution is -0.122. The van der Waals surface area contributed by atoms with Crippen molar-refractivity contribution >= 4 is 17.7 Å². The molecule has 0 aromatic carbocycles. The van der Waals surface area contributed by atoms with E-state index in [2.05, 4.69) is 13.8 Å². The van der Waals surface area contributed by atoms with Crippen molar-refractivity contribution in [3.05, 3.63) is 0 Å².